The van der Waals surface area contributed by atoms with Crippen molar-refractivity contribution in [2.75, 3.05) is 12.3 Å². The molecule has 3 N–H and O–H groups in total. The van der Waals surface area contributed by atoms with Gasteiger partial charge in [-0.3, -0.25) is 0 Å². The molecule has 0 unspecified atom stereocenters. The molecule has 1 rings (SSSR count). The molecule has 0 aliphatic rings. The SMILES string of the molecule is Cc1ccc(C)c(CNCCS(N)(=O)=O)c1. The van der Waals surface area contributed by atoms with E-state index in [0.717, 1.165) is 0 Å². The van der Waals surface area contributed by atoms with Gasteiger partial charge in [0.05, 0.1) is 5.75 Å². The Bertz CT molecular complexity index is 455. The molecule has 90 valence electrons. The number of sulfonamides is 1. The van der Waals surface area contributed by atoms with Gasteiger partial charge in [-0.05, 0) is 25.0 Å². The summed E-state index contributed by atoms with van der Waals surface area (Å²) in [6, 6.07) is 6.22. The maximum absolute atomic E-state index is 10.7. The predicted octanol–water partition coefficient (Wildman–Crippen LogP) is 0.682. The van der Waals surface area contributed by atoms with Gasteiger partial charge >= 0.3 is 0 Å². The molecule has 1 aromatic rings. The topological polar surface area (TPSA) is 72.2 Å². The van der Waals surface area contributed by atoms with Crippen LogP contribution in [-0.2, 0) is 16.6 Å². The average Bonchev–Trinajstić information content (AvgIpc) is 2.16. The van der Waals surface area contributed by atoms with E-state index < -0.39 is 10.0 Å². The van der Waals surface area contributed by atoms with Crippen molar-refractivity contribution in [2.24, 2.45) is 5.14 Å². The molecule has 0 aromatic heterocycles. The Balaban J connectivity index is 2.46. The molecule has 0 atom stereocenters. The number of rotatable bonds is 5. The van der Waals surface area contributed by atoms with Crippen molar-refractivity contribution in [1.82, 2.24) is 5.32 Å². The average molecular weight is 242 g/mol. The summed E-state index contributed by atoms with van der Waals surface area (Å²) in [7, 11) is -3.36. The molecule has 0 saturated carbocycles. The molecule has 0 fully saturated rings. The molecular formula is C11H18N2O2S. The van der Waals surface area contributed by atoms with Crippen molar-refractivity contribution in [3.8, 4) is 0 Å². The van der Waals surface area contributed by atoms with Gasteiger partial charge < -0.3 is 5.32 Å². The molecule has 0 radical (unpaired) electrons. The molecule has 0 amide bonds. The highest BCUT2D eigenvalue weighted by molar-refractivity contribution is 7.89. The van der Waals surface area contributed by atoms with E-state index in [1.54, 1.807) is 0 Å². The monoisotopic (exact) mass is 242 g/mol. The van der Waals surface area contributed by atoms with Gasteiger partial charge in [0.1, 0.15) is 0 Å². The number of benzene rings is 1. The summed E-state index contributed by atoms with van der Waals surface area (Å²) in [4.78, 5) is 0. The van der Waals surface area contributed by atoms with Gasteiger partial charge in [0.15, 0.2) is 0 Å². The van der Waals surface area contributed by atoms with E-state index in [1.165, 1.54) is 16.7 Å². The predicted molar refractivity (Wildman–Crippen MR) is 65.6 cm³/mol. The van der Waals surface area contributed by atoms with Crippen LogP contribution in [0.25, 0.3) is 0 Å². The Labute approximate surface area is 96.9 Å². The minimum Gasteiger partial charge on any atom is -0.312 e. The van der Waals surface area contributed by atoms with Crippen LogP contribution < -0.4 is 10.5 Å². The lowest BCUT2D eigenvalue weighted by atomic mass is 10.1. The Morgan fingerprint density at radius 2 is 2.00 bits per heavy atom. The first kappa shape index (κ1) is 13.2. The van der Waals surface area contributed by atoms with Crippen molar-refractivity contribution in [2.45, 2.75) is 20.4 Å². The first-order valence-electron chi connectivity index (χ1n) is 5.16. The first-order valence-corrected chi connectivity index (χ1v) is 6.87. The fourth-order valence-electron chi connectivity index (χ4n) is 1.43. The Hall–Kier alpha value is -0.910. The molecule has 4 nitrogen and oxygen atoms in total. The third-order valence-corrected chi connectivity index (χ3v) is 3.16. The third-order valence-electron chi connectivity index (χ3n) is 2.38. The van der Waals surface area contributed by atoms with Crippen LogP contribution in [0.15, 0.2) is 18.2 Å². The zero-order chi connectivity index (χ0) is 12.2. The number of nitrogens with two attached hydrogens (primary N) is 1. The molecule has 0 aliphatic heterocycles. The standard InChI is InChI=1S/C11H18N2O2S/c1-9-3-4-10(2)11(7-9)8-13-5-6-16(12,14)15/h3-4,7,13H,5-6,8H2,1-2H3,(H2,12,14,15). The summed E-state index contributed by atoms with van der Waals surface area (Å²) >= 11 is 0. The zero-order valence-corrected chi connectivity index (χ0v) is 10.5. The maximum atomic E-state index is 10.7. The van der Waals surface area contributed by atoms with Crippen LogP contribution in [0.5, 0.6) is 0 Å². The molecular weight excluding hydrogens is 224 g/mol. The third kappa shape index (κ3) is 4.74. The Morgan fingerprint density at radius 3 is 2.62 bits per heavy atom. The lowest BCUT2D eigenvalue weighted by Gasteiger charge is -2.08. The number of nitrogens with one attached hydrogen (secondary N) is 1. The van der Waals surface area contributed by atoms with Crippen molar-refractivity contribution in [3.63, 3.8) is 0 Å². The van der Waals surface area contributed by atoms with Crippen molar-refractivity contribution in [1.29, 1.82) is 0 Å². The molecule has 0 saturated heterocycles. The second kappa shape index (κ2) is 5.43. The fourth-order valence-corrected chi connectivity index (χ4v) is 1.86. The summed E-state index contributed by atoms with van der Waals surface area (Å²) < 4.78 is 21.4. The zero-order valence-electron chi connectivity index (χ0n) is 9.66. The van der Waals surface area contributed by atoms with Crippen LogP contribution in [0.1, 0.15) is 16.7 Å². The summed E-state index contributed by atoms with van der Waals surface area (Å²) in [5.74, 6) is -0.0299. The Morgan fingerprint density at radius 1 is 1.31 bits per heavy atom. The quantitative estimate of drug-likeness (QED) is 0.746. The van der Waals surface area contributed by atoms with Gasteiger partial charge in [-0.25, -0.2) is 13.6 Å². The molecule has 1 aromatic carbocycles. The van der Waals surface area contributed by atoms with Gasteiger partial charge in [0, 0.05) is 13.1 Å². The summed E-state index contributed by atoms with van der Waals surface area (Å²) in [5, 5.41) is 7.97. The summed E-state index contributed by atoms with van der Waals surface area (Å²) in [6.07, 6.45) is 0. The van der Waals surface area contributed by atoms with E-state index in [0.29, 0.717) is 13.1 Å². The first-order chi connectivity index (χ1) is 7.38. The lowest BCUT2D eigenvalue weighted by Crippen LogP contribution is -2.27. The molecule has 5 heteroatoms. The van der Waals surface area contributed by atoms with Gasteiger partial charge in [-0.1, -0.05) is 23.8 Å². The van der Waals surface area contributed by atoms with Crippen molar-refractivity contribution < 1.29 is 8.42 Å². The van der Waals surface area contributed by atoms with E-state index in [1.807, 2.05) is 13.8 Å². The number of primary sulfonamides is 1. The van der Waals surface area contributed by atoms with Gasteiger partial charge in [-0.15, -0.1) is 0 Å². The second-order valence-electron chi connectivity index (χ2n) is 3.97. The number of hydrogen-bond donors (Lipinski definition) is 2. The highest BCUT2D eigenvalue weighted by Gasteiger charge is 2.02. The molecule has 0 heterocycles. The van der Waals surface area contributed by atoms with Gasteiger partial charge in [-0.2, -0.15) is 0 Å². The molecule has 0 spiro atoms. The van der Waals surface area contributed by atoms with Crippen LogP contribution in [0.4, 0.5) is 0 Å². The number of aryl methyl sites for hydroxylation is 2. The Kier molecular flexibility index (Phi) is 4.46. The highest BCUT2D eigenvalue weighted by Crippen LogP contribution is 2.09. The molecule has 0 aliphatic carbocycles. The van der Waals surface area contributed by atoms with E-state index in [9.17, 15) is 8.42 Å². The molecule has 16 heavy (non-hydrogen) atoms. The van der Waals surface area contributed by atoms with Crippen molar-refractivity contribution >= 4 is 10.0 Å². The van der Waals surface area contributed by atoms with Gasteiger partial charge in [0.2, 0.25) is 10.0 Å². The van der Waals surface area contributed by atoms with E-state index in [-0.39, 0.29) is 5.75 Å². The van der Waals surface area contributed by atoms with Crippen LogP contribution in [0.2, 0.25) is 0 Å². The fraction of sp³-hybridized carbons (Fsp3) is 0.455. The normalized spacial score (nSPS) is 11.7. The smallest absolute Gasteiger partial charge is 0.210 e. The number of hydrogen-bond acceptors (Lipinski definition) is 3. The van der Waals surface area contributed by atoms with Crippen LogP contribution in [-0.4, -0.2) is 20.7 Å². The van der Waals surface area contributed by atoms with Crippen LogP contribution in [0, 0.1) is 13.8 Å². The minimum atomic E-state index is -3.36. The highest BCUT2D eigenvalue weighted by atomic mass is 32.2. The maximum Gasteiger partial charge on any atom is 0.210 e. The van der Waals surface area contributed by atoms with Crippen molar-refractivity contribution in [3.05, 3.63) is 34.9 Å². The van der Waals surface area contributed by atoms with E-state index in [2.05, 4.69) is 23.5 Å². The van der Waals surface area contributed by atoms with Gasteiger partial charge in [0.25, 0.3) is 0 Å². The van der Waals surface area contributed by atoms with Crippen LogP contribution >= 0.6 is 0 Å². The summed E-state index contributed by atoms with van der Waals surface area (Å²) in [6.45, 7) is 5.12. The van der Waals surface area contributed by atoms with E-state index in [4.69, 9.17) is 5.14 Å². The molecule has 0 bridgehead atoms. The summed E-state index contributed by atoms with van der Waals surface area (Å²) in [5.41, 5.74) is 3.59. The lowest BCUT2D eigenvalue weighted by molar-refractivity contribution is 0.592. The van der Waals surface area contributed by atoms with Crippen LogP contribution in [0.3, 0.4) is 0 Å². The largest absolute Gasteiger partial charge is 0.312 e. The van der Waals surface area contributed by atoms with E-state index >= 15 is 0 Å². The minimum absolute atomic E-state index is 0.0299. The second-order valence-corrected chi connectivity index (χ2v) is 5.71.